The summed E-state index contributed by atoms with van der Waals surface area (Å²) in [6, 6.07) is 0. The lowest BCUT2D eigenvalue weighted by Crippen LogP contribution is -2.62. The van der Waals surface area contributed by atoms with Crippen LogP contribution in [0.3, 0.4) is 0 Å². The summed E-state index contributed by atoms with van der Waals surface area (Å²) in [6.45, 7) is 14.0. The number of hydrogen-bond donors (Lipinski definition) is 0. The van der Waals surface area contributed by atoms with E-state index in [2.05, 4.69) is 34.6 Å². The molecular formula is C29H48O3. The van der Waals surface area contributed by atoms with Crippen molar-refractivity contribution in [2.24, 2.45) is 46.3 Å². The molecule has 4 saturated carbocycles. The van der Waals surface area contributed by atoms with Crippen molar-refractivity contribution in [1.82, 2.24) is 0 Å². The van der Waals surface area contributed by atoms with E-state index >= 15 is 0 Å². The molecule has 0 aromatic carbocycles. The summed E-state index contributed by atoms with van der Waals surface area (Å²) in [7, 11) is 0. The van der Waals surface area contributed by atoms with Gasteiger partial charge in [0, 0.05) is 24.7 Å². The Morgan fingerprint density at radius 3 is 2.53 bits per heavy atom. The van der Waals surface area contributed by atoms with Gasteiger partial charge in [0.25, 0.3) is 0 Å². The number of hydrogen-bond acceptors (Lipinski definition) is 3. The van der Waals surface area contributed by atoms with Crippen LogP contribution in [0.15, 0.2) is 0 Å². The van der Waals surface area contributed by atoms with E-state index < -0.39 is 0 Å². The molecule has 3 heteroatoms. The number of fused-ring (bicyclic) bond motifs is 4. The van der Waals surface area contributed by atoms with Crippen molar-refractivity contribution in [2.45, 2.75) is 130 Å². The Morgan fingerprint density at radius 1 is 1.03 bits per heavy atom. The number of ether oxygens (including phenoxy) is 2. The van der Waals surface area contributed by atoms with Crippen molar-refractivity contribution in [3.05, 3.63) is 0 Å². The molecule has 5 aliphatic rings. The van der Waals surface area contributed by atoms with Crippen molar-refractivity contribution in [3.8, 4) is 0 Å². The molecule has 32 heavy (non-hydrogen) atoms. The molecule has 1 saturated heterocycles. The first-order chi connectivity index (χ1) is 15.1. The summed E-state index contributed by atoms with van der Waals surface area (Å²) in [5, 5.41) is 0. The van der Waals surface area contributed by atoms with Gasteiger partial charge in [-0.2, -0.15) is 0 Å². The Bertz CT molecular complexity index is 732. The second kappa shape index (κ2) is 7.99. The molecule has 1 spiro atoms. The number of carbonyl (C=O) groups excluding carboxylic acids is 1. The van der Waals surface area contributed by atoms with Gasteiger partial charge in [0.05, 0.1) is 6.10 Å². The van der Waals surface area contributed by atoms with E-state index in [-0.39, 0.29) is 23.1 Å². The van der Waals surface area contributed by atoms with Crippen LogP contribution in [0.1, 0.15) is 112 Å². The van der Waals surface area contributed by atoms with E-state index in [1.54, 1.807) is 6.92 Å². The van der Waals surface area contributed by atoms with Crippen LogP contribution in [0.4, 0.5) is 0 Å². The van der Waals surface area contributed by atoms with E-state index in [9.17, 15) is 4.79 Å². The summed E-state index contributed by atoms with van der Waals surface area (Å²) in [5.41, 5.74) is 0.693. The van der Waals surface area contributed by atoms with E-state index in [0.29, 0.717) is 29.3 Å². The van der Waals surface area contributed by atoms with Gasteiger partial charge in [-0.15, -0.1) is 0 Å². The van der Waals surface area contributed by atoms with Gasteiger partial charge >= 0.3 is 5.97 Å². The first-order valence-electron chi connectivity index (χ1n) is 14.0. The Balaban J connectivity index is 1.41. The molecule has 0 radical (unpaired) electrons. The van der Waals surface area contributed by atoms with Crippen molar-refractivity contribution in [2.75, 3.05) is 0 Å². The zero-order valence-electron chi connectivity index (χ0n) is 21.6. The van der Waals surface area contributed by atoms with Gasteiger partial charge in [0.15, 0.2) is 0 Å². The fraction of sp³-hybridized carbons (Fsp3) is 0.966. The van der Waals surface area contributed by atoms with Crippen molar-refractivity contribution >= 4 is 5.97 Å². The summed E-state index contributed by atoms with van der Waals surface area (Å²) in [5.74, 6) is 4.25. The van der Waals surface area contributed by atoms with Gasteiger partial charge in [0.2, 0.25) is 0 Å². The molecular weight excluding hydrogens is 396 g/mol. The van der Waals surface area contributed by atoms with Gasteiger partial charge in [-0.05, 0) is 73.5 Å². The molecule has 0 N–H and O–H groups in total. The summed E-state index contributed by atoms with van der Waals surface area (Å²) >= 11 is 0. The molecule has 5 fully saturated rings. The standard InChI is InChI=1S/C29H48O3/c1-18(2)9-7-10-19(3)21-12-13-22-26-23(14-16-27(21,22)5)28(6)15-8-11-25-29(28,32-25)17-24(26)31-20(4)30/h18-19,21-26H,7-17H2,1-6H3/t19-,21-,22+,23+,24+,25+,26+,27-,28-,29+/m1/s1. The highest BCUT2D eigenvalue weighted by molar-refractivity contribution is 5.66. The van der Waals surface area contributed by atoms with Crippen molar-refractivity contribution < 1.29 is 14.3 Å². The van der Waals surface area contributed by atoms with Crippen LogP contribution < -0.4 is 0 Å². The van der Waals surface area contributed by atoms with Crippen LogP contribution in [-0.4, -0.2) is 23.8 Å². The second-order valence-corrected chi connectivity index (χ2v) is 13.5. The normalized spacial score (nSPS) is 50.1. The van der Waals surface area contributed by atoms with Gasteiger partial charge < -0.3 is 9.47 Å². The first kappa shape index (κ1) is 23.2. The SMILES string of the molecule is CC(=O)O[C@H]1C[C@]23O[C@H]2CCC[C@]3(C)[C@H]2CC[C@]3(C)[C@@H]([C@H](C)CCCC(C)C)CC[C@H]3[C@H]12. The third-order valence-electron chi connectivity index (χ3n) is 11.5. The van der Waals surface area contributed by atoms with Crippen LogP contribution in [0, 0.1) is 46.3 Å². The van der Waals surface area contributed by atoms with E-state index in [1.807, 2.05) is 0 Å². The smallest absolute Gasteiger partial charge is 0.302 e. The first-order valence-corrected chi connectivity index (χ1v) is 14.0. The van der Waals surface area contributed by atoms with Crippen LogP contribution >= 0.6 is 0 Å². The van der Waals surface area contributed by atoms with E-state index in [4.69, 9.17) is 9.47 Å². The predicted molar refractivity (Wildman–Crippen MR) is 128 cm³/mol. The number of carbonyl (C=O) groups is 1. The molecule has 0 aromatic heterocycles. The van der Waals surface area contributed by atoms with Crippen LogP contribution in [0.25, 0.3) is 0 Å². The maximum absolute atomic E-state index is 12.2. The van der Waals surface area contributed by atoms with E-state index in [0.717, 1.165) is 24.2 Å². The molecule has 1 aliphatic heterocycles. The molecule has 0 aromatic rings. The molecule has 1 heterocycles. The molecule has 4 aliphatic carbocycles. The molecule has 5 rings (SSSR count). The highest BCUT2D eigenvalue weighted by atomic mass is 16.6. The lowest BCUT2D eigenvalue weighted by molar-refractivity contribution is -0.189. The molecule has 3 nitrogen and oxygen atoms in total. The van der Waals surface area contributed by atoms with Gasteiger partial charge in [-0.3, -0.25) is 4.79 Å². The third-order valence-corrected chi connectivity index (χ3v) is 11.5. The number of rotatable bonds is 6. The molecule has 182 valence electrons. The minimum absolute atomic E-state index is 0.00240. The second-order valence-electron chi connectivity index (χ2n) is 13.5. The minimum atomic E-state index is -0.0920. The quantitative estimate of drug-likeness (QED) is 0.322. The molecule has 0 amide bonds. The molecule has 0 unspecified atom stereocenters. The Kier molecular flexibility index (Phi) is 5.79. The fourth-order valence-electron chi connectivity index (χ4n) is 10.0. The van der Waals surface area contributed by atoms with E-state index in [1.165, 1.54) is 64.2 Å². The van der Waals surface area contributed by atoms with Gasteiger partial charge in [-0.25, -0.2) is 0 Å². The number of esters is 1. The molecule has 0 bridgehead atoms. The summed E-state index contributed by atoms with van der Waals surface area (Å²) in [6.07, 6.45) is 14.7. The van der Waals surface area contributed by atoms with Crippen LogP contribution in [0.2, 0.25) is 0 Å². The van der Waals surface area contributed by atoms with Gasteiger partial charge in [-0.1, -0.05) is 60.3 Å². The fourth-order valence-corrected chi connectivity index (χ4v) is 10.0. The van der Waals surface area contributed by atoms with Crippen molar-refractivity contribution in [3.63, 3.8) is 0 Å². The Labute approximate surface area is 196 Å². The largest absolute Gasteiger partial charge is 0.462 e. The lowest BCUT2D eigenvalue weighted by Gasteiger charge is -2.61. The lowest BCUT2D eigenvalue weighted by atomic mass is 9.43. The van der Waals surface area contributed by atoms with Crippen LogP contribution in [-0.2, 0) is 14.3 Å². The highest BCUT2D eigenvalue weighted by Crippen LogP contribution is 2.74. The van der Waals surface area contributed by atoms with Gasteiger partial charge in [0.1, 0.15) is 11.7 Å². The third kappa shape index (κ3) is 3.34. The zero-order valence-corrected chi connectivity index (χ0v) is 21.6. The van der Waals surface area contributed by atoms with Crippen LogP contribution in [0.5, 0.6) is 0 Å². The summed E-state index contributed by atoms with van der Waals surface area (Å²) in [4.78, 5) is 12.2. The van der Waals surface area contributed by atoms with Crippen molar-refractivity contribution in [1.29, 1.82) is 0 Å². The highest BCUT2D eigenvalue weighted by Gasteiger charge is 2.76. The average Bonchev–Trinajstić information content (AvgIpc) is 3.31. The number of epoxide rings is 1. The maximum Gasteiger partial charge on any atom is 0.302 e. The molecule has 10 atom stereocenters. The summed E-state index contributed by atoms with van der Waals surface area (Å²) < 4.78 is 12.7. The Morgan fingerprint density at radius 2 is 1.81 bits per heavy atom. The topological polar surface area (TPSA) is 38.8 Å². The monoisotopic (exact) mass is 444 g/mol. The predicted octanol–water partition coefficient (Wildman–Crippen LogP) is 7.17. The minimum Gasteiger partial charge on any atom is -0.462 e. The average molecular weight is 445 g/mol. The Hall–Kier alpha value is -0.570. The zero-order chi connectivity index (χ0) is 22.9. The maximum atomic E-state index is 12.2.